The first kappa shape index (κ1) is 19.3. The molecule has 3 aromatic heterocycles. The number of amides is 1. The number of carbonyl (C=O) groups excluding carboxylic acids is 1. The van der Waals surface area contributed by atoms with E-state index in [1.165, 1.54) is 24.8 Å². The topological polar surface area (TPSA) is 102 Å². The van der Waals surface area contributed by atoms with Crippen molar-refractivity contribution in [3.63, 3.8) is 0 Å². The van der Waals surface area contributed by atoms with Crippen molar-refractivity contribution in [3.8, 4) is 0 Å². The number of benzene rings is 2. The van der Waals surface area contributed by atoms with E-state index in [0.29, 0.717) is 28.0 Å². The highest BCUT2D eigenvalue weighted by Crippen LogP contribution is 2.29. The monoisotopic (exact) mass is 431 g/mol. The molecular weight excluding hydrogens is 414 g/mol. The molecule has 0 saturated heterocycles. The van der Waals surface area contributed by atoms with E-state index in [1.54, 1.807) is 16.6 Å². The molecule has 0 spiro atoms. The quantitative estimate of drug-likeness (QED) is 0.261. The molecule has 154 valence electrons. The van der Waals surface area contributed by atoms with Crippen LogP contribution in [0.4, 0.5) is 5.69 Å². The van der Waals surface area contributed by atoms with Gasteiger partial charge in [0.2, 0.25) is 5.91 Å². The summed E-state index contributed by atoms with van der Waals surface area (Å²) in [6.07, 6.45) is 0. The van der Waals surface area contributed by atoms with E-state index in [4.69, 9.17) is 9.40 Å². The Kier molecular flexibility index (Phi) is 4.67. The van der Waals surface area contributed by atoms with Crippen LogP contribution in [0.25, 0.3) is 27.5 Å². The molecule has 0 radical (unpaired) electrons. The number of nitrogens with zero attached hydrogens (tertiary/aromatic N) is 4. The lowest BCUT2D eigenvalue weighted by molar-refractivity contribution is -0.114. The summed E-state index contributed by atoms with van der Waals surface area (Å²) in [6.45, 7) is 3.27. The zero-order valence-electron chi connectivity index (χ0n) is 16.7. The summed E-state index contributed by atoms with van der Waals surface area (Å²) in [5.74, 6) is 0.959. The normalized spacial score (nSPS) is 11.4. The van der Waals surface area contributed by atoms with Gasteiger partial charge in [-0.3, -0.25) is 4.79 Å². The van der Waals surface area contributed by atoms with Crippen molar-refractivity contribution in [2.75, 3.05) is 5.32 Å². The second-order valence-corrected chi connectivity index (χ2v) is 8.02. The minimum absolute atomic E-state index is 0.192. The number of nitrogens with one attached hydrogen (secondary N) is 1. The minimum Gasteiger partial charge on any atom is -0.423 e. The van der Waals surface area contributed by atoms with Crippen LogP contribution in [0.5, 0.6) is 0 Å². The average Bonchev–Trinajstić information content (AvgIpc) is 3.13. The molecule has 8 nitrogen and oxygen atoms in total. The smallest absolute Gasteiger partial charge is 0.336 e. The van der Waals surface area contributed by atoms with Gasteiger partial charge in [0.05, 0.1) is 5.52 Å². The van der Waals surface area contributed by atoms with Crippen LogP contribution >= 0.6 is 11.8 Å². The highest BCUT2D eigenvalue weighted by molar-refractivity contribution is 7.98. The van der Waals surface area contributed by atoms with Gasteiger partial charge < -0.3 is 9.73 Å². The van der Waals surface area contributed by atoms with Crippen molar-refractivity contribution in [2.24, 2.45) is 0 Å². The van der Waals surface area contributed by atoms with Crippen molar-refractivity contribution in [2.45, 2.75) is 24.8 Å². The number of carbonyl (C=O) groups is 1. The van der Waals surface area contributed by atoms with E-state index in [9.17, 15) is 9.59 Å². The third-order valence-corrected chi connectivity index (χ3v) is 5.74. The molecule has 9 heteroatoms. The number of fused-ring (bicyclic) bond motifs is 4. The molecule has 0 aliphatic rings. The molecule has 2 aromatic carbocycles. The lowest BCUT2D eigenvalue weighted by Crippen LogP contribution is -2.06. The van der Waals surface area contributed by atoms with E-state index in [1.807, 2.05) is 37.3 Å². The molecule has 0 unspecified atom stereocenters. The maximum Gasteiger partial charge on any atom is 0.336 e. The number of aryl methyl sites for hydroxylation is 1. The molecule has 3 heterocycles. The van der Waals surface area contributed by atoms with E-state index in [-0.39, 0.29) is 5.91 Å². The lowest BCUT2D eigenvalue weighted by Gasteiger charge is -2.09. The fourth-order valence-electron chi connectivity index (χ4n) is 3.50. The van der Waals surface area contributed by atoms with Gasteiger partial charge in [0.15, 0.2) is 10.8 Å². The third-order valence-electron chi connectivity index (χ3n) is 4.76. The van der Waals surface area contributed by atoms with Crippen molar-refractivity contribution >= 4 is 50.9 Å². The summed E-state index contributed by atoms with van der Waals surface area (Å²) in [7, 11) is 0. The maximum absolute atomic E-state index is 12.1. The van der Waals surface area contributed by atoms with Crippen molar-refractivity contribution in [1.29, 1.82) is 0 Å². The first-order valence-corrected chi connectivity index (χ1v) is 10.6. The maximum atomic E-state index is 12.1. The first-order valence-electron chi connectivity index (χ1n) is 9.57. The molecule has 0 atom stereocenters. The Hall–Kier alpha value is -3.72. The number of aromatic nitrogens is 4. The van der Waals surface area contributed by atoms with Crippen molar-refractivity contribution in [1.82, 2.24) is 19.6 Å². The predicted molar refractivity (Wildman–Crippen MR) is 119 cm³/mol. The number of para-hydroxylation sites is 1. The zero-order valence-corrected chi connectivity index (χ0v) is 17.6. The molecule has 0 bridgehead atoms. The summed E-state index contributed by atoms with van der Waals surface area (Å²) in [6, 6.07) is 14.6. The second-order valence-electron chi connectivity index (χ2n) is 7.08. The number of rotatable bonds is 4. The highest BCUT2D eigenvalue weighted by Gasteiger charge is 2.14. The van der Waals surface area contributed by atoms with Gasteiger partial charge in [-0.2, -0.15) is 4.52 Å². The number of hydrogen-bond acceptors (Lipinski definition) is 7. The Morgan fingerprint density at radius 2 is 1.97 bits per heavy atom. The SMILES string of the molecule is CC(=O)Nc1ccc2c(CSc3nc4ccccc4c4nc(C)nn34)cc(=O)oc2c1. The van der Waals surface area contributed by atoms with Crippen LogP contribution in [0.1, 0.15) is 18.3 Å². The molecule has 5 rings (SSSR count). The van der Waals surface area contributed by atoms with Crippen LogP contribution in [0.15, 0.2) is 62.9 Å². The Labute approximate surface area is 180 Å². The number of hydrogen-bond donors (Lipinski definition) is 1. The predicted octanol–water partition coefficient (Wildman–Crippen LogP) is 3.94. The van der Waals surface area contributed by atoms with Gasteiger partial charge in [0.1, 0.15) is 11.4 Å². The average molecular weight is 431 g/mol. The van der Waals surface area contributed by atoms with Crippen LogP contribution in [-0.2, 0) is 10.5 Å². The summed E-state index contributed by atoms with van der Waals surface area (Å²) in [4.78, 5) is 32.8. The fraction of sp³-hybridized carbons (Fsp3) is 0.136. The van der Waals surface area contributed by atoms with Gasteiger partial charge in [-0.15, -0.1) is 5.10 Å². The summed E-state index contributed by atoms with van der Waals surface area (Å²) in [5, 5.41) is 9.61. The van der Waals surface area contributed by atoms with Crippen LogP contribution in [0, 0.1) is 6.92 Å². The van der Waals surface area contributed by atoms with Crippen molar-refractivity contribution < 1.29 is 9.21 Å². The van der Waals surface area contributed by atoms with E-state index >= 15 is 0 Å². The molecule has 1 N–H and O–H groups in total. The Balaban J connectivity index is 1.55. The molecule has 0 fully saturated rings. The number of thioether (sulfide) groups is 1. The van der Waals surface area contributed by atoms with Crippen molar-refractivity contribution in [3.05, 3.63) is 70.3 Å². The highest BCUT2D eigenvalue weighted by atomic mass is 32.2. The largest absolute Gasteiger partial charge is 0.423 e. The summed E-state index contributed by atoms with van der Waals surface area (Å²) >= 11 is 1.47. The van der Waals surface area contributed by atoms with E-state index < -0.39 is 5.63 Å². The molecule has 0 aliphatic carbocycles. The van der Waals surface area contributed by atoms with Gasteiger partial charge in [-0.1, -0.05) is 23.9 Å². The Morgan fingerprint density at radius 1 is 1.13 bits per heavy atom. The first-order chi connectivity index (χ1) is 15.0. The van der Waals surface area contributed by atoms with E-state index in [2.05, 4.69) is 15.4 Å². The van der Waals surface area contributed by atoms with Gasteiger partial charge >= 0.3 is 5.63 Å². The summed E-state index contributed by atoms with van der Waals surface area (Å²) in [5.41, 5.74) is 2.94. The van der Waals surface area contributed by atoms with Gasteiger partial charge in [-0.25, -0.2) is 14.8 Å². The molecule has 31 heavy (non-hydrogen) atoms. The fourth-order valence-corrected chi connectivity index (χ4v) is 4.44. The minimum atomic E-state index is -0.448. The molecule has 0 saturated carbocycles. The van der Waals surface area contributed by atoms with E-state index in [0.717, 1.165) is 27.5 Å². The van der Waals surface area contributed by atoms with Gasteiger partial charge in [0, 0.05) is 41.3 Å². The Morgan fingerprint density at radius 3 is 2.81 bits per heavy atom. The zero-order chi connectivity index (χ0) is 21.5. The van der Waals surface area contributed by atoms with Crippen LogP contribution in [0.2, 0.25) is 0 Å². The Bertz CT molecular complexity index is 1540. The molecule has 5 aromatic rings. The van der Waals surface area contributed by atoms with Gasteiger partial charge in [-0.05, 0) is 36.8 Å². The summed E-state index contributed by atoms with van der Waals surface area (Å²) < 4.78 is 7.09. The van der Waals surface area contributed by atoms with Crippen LogP contribution in [-0.4, -0.2) is 25.5 Å². The second kappa shape index (κ2) is 7.51. The molecule has 1 amide bonds. The molecular formula is C22H17N5O3S. The molecule has 0 aliphatic heterocycles. The lowest BCUT2D eigenvalue weighted by atomic mass is 10.1. The van der Waals surface area contributed by atoms with Crippen LogP contribution < -0.4 is 10.9 Å². The number of anilines is 1. The standard InChI is InChI=1S/C22H17N5O3S/c1-12-23-21-17-5-3-4-6-18(17)25-22(27(21)26-12)31-11-14-9-20(29)30-19-10-15(24-13(2)28)7-8-16(14)19/h3-10H,11H2,1-2H3,(H,24,28). The van der Waals surface area contributed by atoms with Crippen LogP contribution in [0.3, 0.4) is 0 Å². The third kappa shape index (κ3) is 3.64. The van der Waals surface area contributed by atoms with Gasteiger partial charge in [0.25, 0.3) is 0 Å².